The maximum absolute atomic E-state index is 12.5. The molecule has 1 rings (SSSR count). The fraction of sp³-hybridized carbons (Fsp3) is 0.750. The van der Waals surface area contributed by atoms with E-state index in [2.05, 4.69) is 15.5 Å². The van der Waals surface area contributed by atoms with E-state index in [1.807, 2.05) is 27.0 Å². The van der Waals surface area contributed by atoms with Crippen LogP contribution in [-0.4, -0.2) is 54.6 Å². The molecule has 8 heteroatoms. The molecule has 0 aromatic carbocycles. The number of nitrogens with one attached hydrogen (secondary N) is 2. The largest absolute Gasteiger partial charge is 0.310 e. The SMILES string of the molecule is CSCCN(C)S(=O)(=O)c1n[nH]c(C)c1CNC(C)C. The van der Waals surface area contributed by atoms with Gasteiger partial charge >= 0.3 is 0 Å². The quantitative estimate of drug-likeness (QED) is 0.752. The van der Waals surface area contributed by atoms with Crippen LogP contribution in [0.25, 0.3) is 0 Å². The van der Waals surface area contributed by atoms with Gasteiger partial charge in [0.05, 0.1) is 0 Å². The van der Waals surface area contributed by atoms with Gasteiger partial charge in [-0.3, -0.25) is 5.10 Å². The molecule has 0 fully saturated rings. The van der Waals surface area contributed by atoms with Gasteiger partial charge in [0.25, 0.3) is 10.0 Å². The fourth-order valence-corrected chi connectivity index (χ4v) is 3.54. The van der Waals surface area contributed by atoms with Gasteiger partial charge in [0, 0.05) is 43.2 Å². The first kappa shape index (κ1) is 17.5. The summed E-state index contributed by atoms with van der Waals surface area (Å²) < 4.78 is 26.4. The second kappa shape index (κ2) is 7.44. The molecular weight excluding hydrogens is 296 g/mol. The van der Waals surface area contributed by atoms with Crippen molar-refractivity contribution in [2.45, 2.75) is 38.4 Å². The van der Waals surface area contributed by atoms with Crippen LogP contribution in [0.5, 0.6) is 0 Å². The minimum atomic E-state index is -3.53. The van der Waals surface area contributed by atoms with Gasteiger partial charge in [0.2, 0.25) is 0 Å². The van der Waals surface area contributed by atoms with E-state index in [1.165, 1.54) is 4.31 Å². The van der Waals surface area contributed by atoms with Crippen molar-refractivity contribution in [1.82, 2.24) is 19.8 Å². The Hall–Kier alpha value is -0.570. The fourth-order valence-electron chi connectivity index (χ4n) is 1.65. The Morgan fingerprint density at radius 2 is 2.10 bits per heavy atom. The third-order valence-electron chi connectivity index (χ3n) is 2.99. The number of hydrogen-bond donors (Lipinski definition) is 2. The molecule has 116 valence electrons. The molecule has 0 aliphatic rings. The first-order valence-electron chi connectivity index (χ1n) is 6.53. The molecule has 20 heavy (non-hydrogen) atoms. The van der Waals surface area contributed by atoms with Gasteiger partial charge in [-0.1, -0.05) is 13.8 Å². The highest BCUT2D eigenvalue weighted by molar-refractivity contribution is 7.98. The summed E-state index contributed by atoms with van der Waals surface area (Å²) in [4.78, 5) is 0. The molecule has 0 bridgehead atoms. The summed E-state index contributed by atoms with van der Waals surface area (Å²) >= 11 is 1.62. The first-order valence-corrected chi connectivity index (χ1v) is 9.36. The third-order valence-corrected chi connectivity index (χ3v) is 5.41. The molecule has 1 aromatic heterocycles. The summed E-state index contributed by atoms with van der Waals surface area (Å²) in [6, 6.07) is 0.286. The van der Waals surface area contributed by atoms with E-state index in [1.54, 1.807) is 18.8 Å². The summed E-state index contributed by atoms with van der Waals surface area (Å²) in [5.74, 6) is 0.763. The average molecular weight is 320 g/mol. The standard InChI is InChI=1S/C12H24N4O2S2/c1-9(2)13-8-11-10(3)14-15-12(11)20(17,18)16(4)6-7-19-5/h9,13H,6-8H2,1-5H3,(H,14,15). The van der Waals surface area contributed by atoms with E-state index in [0.29, 0.717) is 13.1 Å². The van der Waals surface area contributed by atoms with Crippen molar-refractivity contribution in [1.29, 1.82) is 0 Å². The van der Waals surface area contributed by atoms with Crippen LogP contribution < -0.4 is 5.32 Å². The van der Waals surface area contributed by atoms with E-state index in [9.17, 15) is 8.42 Å². The Balaban J connectivity index is 3.00. The predicted molar refractivity (Wildman–Crippen MR) is 83.5 cm³/mol. The zero-order chi connectivity index (χ0) is 15.3. The van der Waals surface area contributed by atoms with E-state index in [-0.39, 0.29) is 11.1 Å². The maximum atomic E-state index is 12.5. The lowest BCUT2D eigenvalue weighted by atomic mass is 10.2. The minimum absolute atomic E-state index is 0.131. The van der Waals surface area contributed by atoms with Gasteiger partial charge in [-0.05, 0) is 13.2 Å². The van der Waals surface area contributed by atoms with Crippen LogP contribution in [0.4, 0.5) is 0 Å². The van der Waals surface area contributed by atoms with E-state index < -0.39 is 10.0 Å². The van der Waals surface area contributed by atoms with E-state index in [0.717, 1.165) is 17.0 Å². The smallest absolute Gasteiger partial charge is 0.262 e. The molecule has 0 radical (unpaired) electrons. The second-order valence-electron chi connectivity index (χ2n) is 4.99. The number of H-pyrrole nitrogens is 1. The van der Waals surface area contributed by atoms with Gasteiger partial charge in [0.15, 0.2) is 5.03 Å². The molecule has 2 N–H and O–H groups in total. The Morgan fingerprint density at radius 3 is 2.65 bits per heavy atom. The number of thioether (sulfide) groups is 1. The summed E-state index contributed by atoms with van der Waals surface area (Å²) in [5.41, 5.74) is 1.50. The summed E-state index contributed by atoms with van der Waals surface area (Å²) in [5, 5.41) is 10.1. The molecule has 0 saturated carbocycles. The molecule has 0 atom stereocenters. The van der Waals surface area contributed by atoms with Crippen LogP contribution >= 0.6 is 11.8 Å². The van der Waals surface area contributed by atoms with Gasteiger partial charge in [-0.2, -0.15) is 21.2 Å². The molecule has 1 heterocycles. The van der Waals surface area contributed by atoms with Gasteiger partial charge < -0.3 is 5.32 Å². The predicted octanol–water partition coefficient (Wildman–Crippen LogP) is 1.20. The van der Waals surface area contributed by atoms with E-state index >= 15 is 0 Å². The van der Waals surface area contributed by atoms with Crippen molar-refractivity contribution < 1.29 is 8.42 Å². The van der Waals surface area contributed by atoms with E-state index in [4.69, 9.17) is 0 Å². The zero-order valence-corrected chi connectivity index (χ0v) is 14.4. The molecule has 6 nitrogen and oxygen atoms in total. The highest BCUT2D eigenvalue weighted by atomic mass is 32.2. The Bertz CT molecular complexity index is 526. The zero-order valence-electron chi connectivity index (χ0n) is 12.7. The molecule has 1 aromatic rings. The highest BCUT2D eigenvalue weighted by Gasteiger charge is 2.27. The lowest BCUT2D eigenvalue weighted by Gasteiger charge is -2.16. The average Bonchev–Trinajstić information content (AvgIpc) is 2.75. The van der Waals surface area contributed by atoms with Crippen LogP contribution in [-0.2, 0) is 16.6 Å². The van der Waals surface area contributed by atoms with Crippen molar-refractivity contribution in [3.05, 3.63) is 11.3 Å². The van der Waals surface area contributed by atoms with Crippen LogP contribution in [0.1, 0.15) is 25.1 Å². The summed E-state index contributed by atoms with van der Waals surface area (Å²) in [6.45, 7) is 6.85. The lowest BCUT2D eigenvalue weighted by Crippen LogP contribution is -2.31. The van der Waals surface area contributed by atoms with Crippen molar-refractivity contribution >= 4 is 21.8 Å². The number of nitrogens with zero attached hydrogens (tertiary/aromatic N) is 2. The summed E-state index contributed by atoms with van der Waals surface area (Å²) in [6.07, 6.45) is 1.96. The lowest BCUT2D eigenvalue weighted by molar-refractivity contribution is 0.482. The van der Waals surface area contributed by atoms with Gasteiger partial charge in [-0.15, -0.1) is 0 Å². The van der Waals surface area contributed by atoms with Crippen molar-refractivity contribution in [2.75, 3.05) is 25.6 Å². The molecule has 0 aliphatic heterocycles. The summed E-state index contributed by atoms with van der Waals surface area (Å²) in [7, 11) is -1.94. The van der Waals surface area contributed by atoms with Gasteiger partial charge in [0.1, 0.15) is 0 Å². The number of rotatable bonds is 8. The van der Waals surface area contributed by atoms with Crippen LogP contribution in [0, 0.1) is 6.92 Å². The first-order chi connectivity index (χ1) is 9.30. The van der Waals surface area contributed by atoms with Crippen molar-refractivity contribution in [3.63, 3.8) is 0 Å². The number of sulfonamides is 1. The molecule has 0 aliphatic carbocycles. The molecule has 0 unspecified atom stereocenters. The molecule has 0 saturated heterocycles. The van der Waals surface area contributed by atoms with Crippen LogP contribution in [0.2, 0.25) is 0 Å². The number of aromatic nitrogens is 2. The topological polar surface area (TPSA) is 78.1 Å². The monoisotopic (exact) mass is 320 g/mol. The number of hydrogen-bond acceptors (Lipinski definition) is 5. The van der Waals surface area contributed by atoms with Crippen LogP contribution in [0.3, 0.4) is 0 Å². The Morgan fingerprint density at radius 1 is 1.45 bits per heavy atom. The molecular formula is C12H24N4O2S2. The van der Waals surface area contributed by atoms with Gasteiger partial charge in [-0.25, -0.2) is 8.42 Å². The van der Waals surface area contributed by atoms with Crippen LogP contribution in [0.15, 0.2) is 5.03 Å². The van der Waals surface area contributed by atoms with Crippen molar-refractivity contribution in [3.8, 4) is 0 Å². The number of aromatic amines is 1. The molecule has 0 amide bonds. The minimum Gasteiger partial charge on any atom is -0.310 e. The Kier molecular flexibility index (Phi) is 6.50. The maximum Gasteiger partial charge on any atom is 0.262 e. The third kappa shape index (κ3) is 4.21. The highest BCUT2D eigenvalue weighted by Crippen LogP contribution is 2.19. The second-order valence-corrected chi connectivity index (χ2v) is 7.93. The molecule has 0 spiro atoms. The van der Waals surface area contributed by atoms with Crippen molar-refractivity contribution in [2.24, 2.45) is 0 Å². The Labute approximate surface area is 125 Å². The normalized spacial score (nSPS) is 12.6. The number of aryl methyl sites for hydroxylation is 1.